The third kappa shape index (κ3) is 3.59. The molecule has 0 fully saturated rings. The van der Waals surface area contributed by atoms with Crippen LogP contribution in [-0.2, 0) is 12.7 Å². The Morgan fingerprint density at radius 1 is 1.15 bits per heavy atom. The maximum Gasteiger partial charge on any atom is 0.416 e. The summed E-state index contributed by atoms with van der Waals surface area (Å²) in [4.78, 5) is 8.11. The molecule has 0 atom stereocenters. The number of nitrogens with one attached hydrogen (secondary N) is 2. The zero-order valence-corrected chi connectivity index (χ0v) is 10.7. The smallest absolute Gasteiger partial charge is 0.373 e. The summed E-state index contributed by atoms with van der Waals surface area (Å²) in [6.07, 6.45) is -2.79. The number of alkyl halides is 3. The molecular weight excluding hydrogens is 269 g/mol. The Hall–Kier alpha value is -2.31. The first-order chi connectivity index (χ1) is 9.49. The van der Waals surface area contributed by atoms with Gasteiger partial charge in [0.1, 0.15) is 11.6 Å². The van der Waals surface area contributed by atoms with Gasteiger partial charge in [-0.05, 0) is 24.3 Å². The van der Waals surface area contributed by atoms with Crippen LogP contribution in [0.4, 0.5) is 24.8 Å². The van der Waals surface area contributed by atoms with Gasteiger partial charge in [-0.15, -0.1) is 0 Å². The van der Waals surface area contributed by atoms with Gasteiger partial charge < -0.3 is 10.6 Å². The van der Waals surface area contributed by atoms with Crippen LogP contribution in [-0.4, -0.2) is 17.0 Å². The van der Waals surface area contributed by atoms with E-state index in [0.717, 1.165) is 17.8 Å². The second kappa shape index (κ2) is 5.77. The Balaban J connectivity index is 2.19. The van der Waals surface area contributed by atoms with E-state index in [-0.39, 0.29) is 11.6 Å². The quantitative estimate of drug-likeness (QED) is 0.904. The van der Waals surface area contributed by atoms with Crippen molar-refractivity contribution in [1.29, 1.82) is 0 Å². The van der Waals surface area contributed by atoms with Crippen molar-refractivity contribution < 1.29 is 13.2 Å². The van der Waals surface area contributed by atoms with Gasteiger partial charge in [-0.2, -0.15) is 13.2 Å². The lowest BCUT2D eigenvalue weighted by Gasteiger charge is -2.12. The fourth-order valence-corrected chi connectivity index (χ4v) is 1.60. The molecule has 106 valence electrons. The highest BCUT2D eigenvalue weighted by Crippen LogP contribution is 2.32. The van der Waals surface area contributed by atoms with E-state index in [9.17, 15) is 13.2 Å². The second-order valence-corrected chi connectivity index (χ2v) is 4.05. The Morgan fingerprint density at radius 3 is 2.50 bits per heavy atom. The van der Waals surface area contributed by atoms with E-state index >= 15 is 0 Å². The van der Waals surface area contributed by atoms with E-state index in [1.54, 1.807) is 18.3 Å². The van der Waals surface area contributed by atoms with Gasteiger partial charge in [0.05, 0.1) is 17.8 Å². The summed E-state index contributed by atoms with van der Waals surface area (Å²) in [5.41, 5.74) is -0.0295. The Bertz CT molecular complexity index is 570. The summed E-state index contributed by atoms with van der Waals surface area (Å²) in [7, 11) is 1.52. The van der Waals surface area contributed by atoms with E-state index in [2.05, 4.69) is 20.6 Å². The van der Waals surface area contributed by atoms with E-state index in [4.69, 9.17) is 0 Å². The standard InChI is InChI=1S/C13H13F3N4/c1-17-11-6-9(13(14,15)16)7-12(20-11)19-8-10-4-2-3-5-18-10/h2-7H,8H2,1H3,(H2,17,19,20). The summed E-state index contributed by atoms with van der Waals surface area (Å²) in [5.74, 6) is 0.304. The molecule has 0 saturated carbocycles. The predicted molar refractivity (Wildman–Crippen MR) is 70.3 cm³/mol. The second-order valence-electron chi connectivity index (χ2n) is 4.05. The van der Waals surface area contributed by atoms with E-state index in [1.807, 2.05) is 6.07 Å². The topological polar surface area (TPSA) is 49.8 Å². The van der Waals surface area contributed by atoms with Gasteiger partial charge in [-0.3, -0.25) is 4.98 Å². The van der Waals surface area contributed by atoms with Crippen molar-refractivity contribution in [3.8, 4) is 0 Å². The Labute approximate surface area is 114 Å². The molecule has 0 spiro atoms. The van der Waals surface area contributed by atoms with Crippen molar-refractivity contribution in [3.63, 3.8) is 0 Å². The molecule has 0 amide bonds. The maximum absolute atomic E-state index is 12.8. The van der Waals surface area contributed by atoms with Crippen molar-refractivity contribution in [1.82, 2.24) is 9.97 Å². The van der Waals surface area contributed by atoms with Crippen LogP contribution in [0.15, 0.2) is 36.5 Å². The molecule has 0 unspecified atom stereocenters. The average Bonchev–Trinajstić information content (AvgIpc) is 2.45. The number of halogens is 3. The van der Waals surface area contributed by atoms with Crippen LogP contribution in [0.25, 0.3) is 0 Å². The number of aromatic nitrogens is 2. The molecule has 0 saturated heterocycles. The molecule has 7 heteroatoms. The monoisotopic (exact) mass is 282 g/mol. The molecule has 2 N–H and O–H groups in total. The maximum atomic E-state index is 12.8. The number of pyridine rings is 2. The van der Waals surface area contributed by atoms with Crippen molar-refractivity contribution in [2.24, 2.45) is 0 Å². The molecule has 20 heavy (non-hydrogen) atoms. The molecule has 0 aliphatic rings. The first-order valence-corrected chi connectivity index (χ1v) is 5.90. The van der Waals surface area contributed by atoms with Crippen molar-refractivity contribution >= 4 is 11.6 Å². The summed E-state index contributed by atoms with van der Waals surface area (Å²) in [6, 6.07) is 7.29. The molecule has 0 aliphatic carbocycles. The highest BCUT2D eigenvalue weighted by Gasteiger charge is 2.31. The third-order valence-corrected chi connectivity index (χ3v) is 2.59. The lowest BCUT2D eigenvalue weighted by molar-refractivity contribution is -0.137. The summed E-state index contributed by atoms with van der Waals surface area (Å²) < 4.78 is 38.3. The molecule has 0 aromatic carbocycles. The van der Waals surface area contributed by atoms with Crippen LogP contribution in [0.3, 0.4) is 0 Å². The number of hydrogen-bond donors (Lipinski definition) is 2. The zero-order chi connectivity index (χ0) is 14.6. The zero-order valence-electron chi connectivity index (χ0n) is 10.7. The predicted octanol–water partition coefficient (Wildman–Crippen LogP) is 3.15. The first kappa shape index (κ1) is 14.1. The SMILES string of the molecule is CNc1cc(C(F)(F)F)cc(NCc2ccccn2)n1. The van der Waals surface area contributed by atoms with Crippen LogP contribution >= 0.6 is 0 Å². The van der Waals surface area contributed by atoms with Gasteiger partial charge in [0.2, 0.25) is 0 Å². The summed E-state index contributed by atoms with van der Waals surface area (Å²) in [5, 5.41) is 5.45. The highest BCUT2D eigenvalue weighted by atomic mass is 19.4. The number of nitrogens with zero attached hydrogens (tertiary/aromatic N) is 2. The number of anilines is 2. The Morgan fingerprint density at radius 2 is 1.90 bits per heavy atom. The van der Waals surface area contributed by atoms with Gasteiger partial charge >= 0.3 is 6.18 Å². The molecule has 2 aromatic rings. The molecule has 0 bridgehead atoms. The highest BCUT2D eigenvalue weighted by molar-refractivity contribution is 5.49. The van der Waals surface area contributed by atoms with Gasteiger partial charge in [0, 0.05) is 13.2 Å². The van der Waals surface area contributed by atoms with E-state index in [1.165, 1.54) is 7.05 Å². The van der Waals surface area contributed by atoms with Gasteiger partial charge in [-0.25, -0.2) is 4.98 Å². The minimum absolute atomic E-state index is 0.148. The largest absolute Gasteiger partial charge is 0.416 e. The lowest BCUT2D eigenvalue weighted by atomic mass is 10.2. The van der Waals surface area contributed by atoms with E-state index in [0.29, 0.717) is 6.54 Å². The number of hydrogen-bond acceptors (Lipinski definition) is 4. The van der Waals surface area contributed by atoms with Crippen LogP contribution in [0.1, 0.15) is 11.3 Å². The van der Waals surface area contributed by atoms with Crippen molar-refractivity contribution in [2.45, 2.75) is 12.7 Å². The molecule has 0 aliphatic heterocycles. The molecule has 2 heterocycles. The fraction of sp³-hybridized carbons (Fsp3) is 0.231. The molecule has 2 aromatic heterocycles. The molecule has 2 rings (SSSR count). The Kier molecular flexibility index (Phi) is 4.07. The van der Waals surface area contributed by atoms with Gasteiger partial charge in [0.15, 0.2) is 0 Å². The fourth-order valence-electron chi connectivity index (χ4n) is 1.60. The summed E-state index contributed by atoms with van der Waals surface area (Å²) in [6.45, 7) is 0.304. The molecule has 4 nitrogen and oxygen atoms in total. The normalized spacial score (nSPS) is 11.2. The average molecular weight is 282 g/mol. The van der Waals surface area contributed by atoms with E-state index < -0.39 is 11.7 Å². The van der Waals surface area contributed by atoms with Crippen molar-refractivity contribution in [2.75, 3.05) is 17.7 Å². The van der Waals surface area contributed by atoms with Crippen LogP contribution in [0.2, 0.25) is 0 Å². The third-order valence-electron chi connectivity index (χ3n) is 2.59. The summed E-state index contributed by atoms with van der Waals surface area (Å²) >= 11 is 0. The molecular formula is C13H13F3N4. The number of rotatable bonds is 4. The van der Waals surface area contributed by atoms with Gasteiger partial charge in [0.25, 0.3) is 0 Å². The molecule has 0 radical (unpaired) electrons. The van der Waals surface area contributed by atoms with Gasteiger partial charge in [-0.1, -0.05) is 6.07 Å². The first-order valence-electron chi connectivity index (χ1n) is 5.90. The minimum atomic E-state index is -4.41. The van der Waals surface area contributed by atoms with Crippen LogP contribution < -0.4 is 10.6 Å². The minimum Gasteiger partial charge on any atom is -0.373 e. The van der Waals surface area contributed by atoms with Crippen LogP contribution in [0, 0.1) is 0 Å². The van der Waals surface area contributed by atoms with Crippen molar-refractivity contribution in [3.05, 3.63) is 47.8 Å². The van der Waals surface area contributed by atoms with Crippen LogP contribution in [0.5, 0.6) is 0 Å². The lowest BCUT2D eigenvalue weighted by Crippen LogP contribution is -2.10.